The van der Waals surface area contributed by atoms with Crippen molar-refractivity contribution in [3.63, 3.8) is 0 Å². The van der Waals surface area contributed by atoms with Crippen molar-refractivity contribution < 1.29 is 0 Å². The Labute approximate surface area is 123 Å². The Morgan fingerprint density at radius 3 is 2.33 bits per heavy atom. The van der Waals surface area contributed by atoms with E-state index in [4.69, 9.17) is 5.73 Å². The number of nitrogens with zero attached hydrogens (tertiary/aromatic N) is 3. The molecule has 104 valence electrons. The van der Waals surface area contributed by atoms with Crippen LogP contribution in [0.5, 0.6) is 0 Å². The fraction of sp³-hybridized carbons (Fsp3) is 0.118. The third-order valence-corrected chi connectivity index (χ3v) is 3.42. The van der Waals surface area contributed by atoms with E-state index in [-0.39, 0.29) is 0 Å². The van der Waals surface area contributed by atoms with Gasteiger partial charge < -0.3 is 5.73 Å². The number of anilines is 1. The minimum absolute atomic E-state index is 0.440. The normalized spacial score (nSPS) is 10.5. The molecule has 2 heterocycles. The summed E-state index contributed by atoms with van der Waals surface area (Å²) >= 11 is 0. The molecule has 3 aromatic rings. The summed E-state index contributed by atoms with van der Waals surface area (Å²) < 4.78 is 0. The number of nitrogen functional groups attached to an aromatic ring is 1. The van der Waals surface area contributed by atoms with Crippen molar-refractivity contribution in [3.05, 3.63) is 60.6 Å². The Morgan fingerprint density at radius 2 is 1.67 bits per heavy atom. The predicted molar refractivity (Wildman–Crippen MR) is 84.5 cm³/mol. The van der Waals surface area contributed by atoms with Crippen molar-refractivity contribution >= 4 is 5.82 Å². The maximum absolute atomic E-state index is 5.95. The molecule has 2 aromatic heterocycles. The van der Waals surface area contributed by atoms with E-state index in [1.165, 1.54) is 5.56 Å². The first kappa shape index (κ1) is 13.2. The Bertz CT molecular complexity index is 736. The van der Waals surface area contributed by atoms with Crippen LogP contribution in [0, 0.1) is 0 Å². The van der Waals surface area contributed by atoms with Crippen LogP contribution in [-0.4, -0.2) is 15.0 Å². The quantitative estimate of drug-likeness (QED) is 0.796. The van der Waals surface area contributed by atoms with E-state index in [1.54, 1.807) is 24.7 Å². The van der Waals surface area contributed by atoms with Crippen LogP contribution in [0.25, 0.3) is 22.5 Å². The third kappa shape index (κ3) is 2.74. The van der Waals surface area contributed by atoms with Crippen LogP contribution in [0.2, 0.25) is 0 Å². The molecule has 0 saturated heterocycles. The Hall–Kier alpha value is -2.75. The average Bonchev–Trinajstić information content (AvgIpc) is 2.56. The summed E-state index contributed by atoms with van der Waals surface area (Å²) in [5, 5.41) is 0. The maximum Gasteiger partial charge on any atom is 0.162 e. The molecule has 0 spiro atoms. The van der Waals surface area contributed by atoms with E-state index < -0.39 is 0 Å². The van der Waals surface area contributed by atoms with Gasteiger partial charge in [0.1, 0.15) is 5.82 Å². The molecule has 0 aliphatic carbocycles. The summed E-state index contributed by atoms with van der Waals surface area (Å²) in [6.07, 6.45) is 6.21. The van der Waals surface area contributed by atoms with E-state index in [0.717, 1.165) is 23.1 Å². The van der Waals surface area contributed by atoms with Crippen LogP contribution in [-0.2, 0) is 6.42 Å². The molecular formula is C17H16N4. The molecule has 2 N–H and O–H groups in total. The smallest absolute Gasteiger partial charge is 0.162 e. The lowest BCUT2D eigenvalue weighted by Crippen LogP contribution is -1.97. The topological polar surface area (TPSA) is 64.7 Å². The molecule has 21 heavy (non-hydrogen) atoms. The predicted octanol–water partition coefficient (Wildman–Crippen LogP) is 3.35. The second kappa shape index (κ2) is 5.71. The van der Waals surface area contributed by atoms with Crippen molar-refractivity contribution in [1.29, 1.82) is 0 Å². The molecule has 0 unspecified atom stereocenters. The molecule has 1 aromatic carbocycles. The van der Waals surface area contributed by atoms with Crippen molar-refractivity contribution in [1.82, 2.24) is 15.0 Å². The van der Waals surface area contributed by atoms with Gasteiger partial charge in [0, 0.05) is 24.2 Å². The van der Waals surface area contributed by atoms with E-state index in [9.17, 15) is 0 Å². The number of aryl methyl sites for hydroxylation is 1. The molecule has 0 atom stereocenters. The van der Waals surface area contributed by atoms with Gasteiger partial charge in [-0.1, -0.05) is 31.2 Å². The molecule has 0 aliphatic heterocycles. The monoisotopic (exact) mass is 276 g/mol. The van der Waals surface area contributed by atoms with Gasteiger partial charge in [-0.3, -0.25) is 0 Å². The lowest BCUT2D eigenvalue weighted by molar-refractivity contribution is 1.14. The second-order valence-corrected chi connectivity index (χ2v) is 4.78. The molecule has 0 fully saturated rings. The summed E-state index contributed by atoms with van der Waals surface area (Å²) in [6, 6.07) is 12.2. The zero-order valence-electron chi connectivity index (χ0n) is 11.8. The van der Waals surface area contributed by atoms with Crippen LogP contribution in [0.3, 0.4) is 0 Å². The fourth-order valence-corrected chi connectivity index (χ4v) is 2.18. The lowest BCUT2D eigenvalue weighted by atomic mass is 10.0. The molecule has 4 nitrogen and oxygen atoms in total. The molecule has 3 rings (SSSR count). The van der Waals surface area contributed by atoms with Crippen LogP contribution < -0.4 is 5.73 Å². The standard InChI is InChI=1S/C17H16N4/c1-2-12-4-6-13(7-5-12)14-10-15(16(18)21-11-14)17-19-8-3-9-20-17/h3-11H,2H2,1H3,(H2,18,21). The minimum atomic E-state index is 0.440. The lowest BCUT2D eigenvalue weighted by Gasteiger charge is -2.07. The number of aromatic nitrogens is 3. The third-order valence-electron chi connectivity index (χ3n) is 3.42. The van der Waals surface area contributed by atoms with Crippen LogP contribution in [0.4, 0.5) is 5.82 Å². The first-order valence-electron chi connectivity index (χ1n) is 6.90. The number of pyridine rings is 1. The molecule has 0 amide bonds. The van der Waals surface area contributed by atoms with E-state index >= 15 is 0 Å². The van der Waals surface area contributed by atoms with E-state index in [0.29, 0.717) is 11.6 Å². The van der Waals surface area contributed by atoms with Gasteiger partial charge in [0.15, 0.2) is 5.82 Å². The average molecular weight is 276 g/mol. The van der Waals surface area contributed by atoms with Gasteiger partial charge in [0.05, 0.1) is 5.56 Å². The van der Waals surface area contributed by atoms with Crippen LogP contribution in [0.15, 0.2) is 55.0 Å². The fourth-order valence-electron chi connectivity index (χ4n) is 2.18. The number of nitrogens with two attached hydrogens (primary N) is 1. The van der Waals surface area contributed by atoms with Crippen molar-refractivity contribution in [2.24, 2.45) is 0 Å². The SMILES string of the molecule is CCc1ccc(-c2cnc(N)c(-c3ncccn3)c2)cc1. The van der Waals surface area contributed by atoms with Crippen molar-refractivity contribution in [2.75, 3.05) is 5.73 Å². The second-order valence-electron chi connectivity index (χ2n) is 4.78. The first-order valence-corrected chi connectivity index (χ1v) is 6.90. The first-order chi connectivity index (χ1) is 10.3. The molecular weight excluding hydrogens is 260 g/mol. The highest BCUT2D eigenvalue weighted by molar-refractivity contribution is 5.75. The Morgan fingerprint density at radius 1 is 0.952 bits per heavy atom. The van der Waals surface area contributed by atoms with Gasteiger partial charge in [-0.25, -0.2) is 15.0 Å². The summed E-state index contributed by atoms with van der Waals surface area (Å²) in [4.78, 5) is 12.8. The maximum atomic E-state index is 5.95. The number of hydrogen-bond acceptors (Lipinski definition) is 4. The minimum Gasteiger partial charge on any atom is -0.383 e. The molecule has 4 heteroatoms. The summed E-state index contributed by atoms with van der Waals surface area (Å²) in [5.41, 5.74) is 10.1. The van der Waals surface area contributed by atoms with Gasteiger partial charge in [-0.15, -0.1) is 0 Å². The highest BCUT2D eigenvalue weighted by atomic mass is 14.9. The van der Waals surface area contributed by atoms with Gasteiger partial charge in [-0.05, 0) is 29.7 Å². The summed E-state index contributed by atoms with van der Waals surface area (Å²) in [5.74, 6) is 1.03. The van der Waals surface area contributed by atoms with Crippen molar-refractivity contribution in [3.8, 4) is 22.5 Å². The van der Waals surface area contributed by atoms with Gasteiger partial charge in [-0.2, -0.15) is 0 Å². The Kier molecular flexibility index (Phi) is 3.60. The number of benzene rings is 1. The molecule has 0 aliphatic rings. The Balaban J connectivity index is 2.04. The highest BCUT2D eigenvalue weighted by Crippen LogP contribution is 2.27. The summed E-state index contributed by atoms with van der Waals surface area (Å²) in [6.45, 7) is 2.14. The largest absolute Gasteiger partial charge is 0.383 e. The summed E-state index contributed by atoms with van der Waals surface area (Å²) in [7, 11) is 0. The zero-order chi connectivity index (χ0) is 14.7. The van der Waals surface area contributed by atoms with E-state index in [2.05, 4.69) is 46.1 Å². The van der Waals surface area contributed by atoms with Crippen LogP contribution in [0.1, 0.15) is 12.5 Å². The molecule has 0 radical (unpaired) electrons. The number of rotatable bonds is 3. The van der Waals surface area contributed by atoms with Gasteiger partial charge in [0.2, 0.25) is 0 Å². The zero-order valence-corrected chi connectivity index (χ0v) is 11.8. The van der Waals surface area contributed by atoms with Crippen LogP contribution >= 0.6 is 0 Å². The van der Waals surface area contributed by atoms with Crippen molar-refractivity contribution in [2.45, 2.75) is 13.3 Å². The highest BCUT2D eigenvalue weighted by Gasteiger charge is 2.09. The van der Waals surface area contributed by atoms with E-state index in [1.807, 2.05) is 6.07 Å². The van der Waals surface area contributed by atoms with Gasteiger partial charge >= 0.3 is 0 Å². The van der Waals surface area contributed by atoms with Gasteiger partial charge in [0.25, 0.3) is 0 Å². The molecule has 0 saturated carbocycles. The molecule has 0 bridgehead atoms. The number of hydrogen-bond donors (Lipinski definition) is 1.